The highest BCUT2D eigenvalue weighted by molar-refractivity contribution is 5.68. The van der Waals surface area contributed by atoms with Gasteiger partial charge < -0.3 is 15.5 Å². The third-order valence-electron chi connectivity index (χ3n) is 3.04. The molecule has 90 valence electrons. The molecule has 1 unspecified atom stereocenters. The zero-order chi connectivity index (χ0) is 12.3. The minimum Gasteiger partial charge on any atom is -0.397 e. The van der Waals surface area contributed by atoms with E-state index >= 15 is 0 Å². The van der Waals surface area contributed by atoms with E-state index in [1.54, 1.807) is 0 Å². The van der Waals surface area contributed by atoms with E-state index in [0.29, 0.717) is 0 Å². The Labute approximate surface area is 103 Å². The summed E-state index contributed by atoms with van der Waals surface area (Å²) in [6.07, 6.45) is 8.60. The summed E-state index contributed by atoms with van der Waals surface area (Å²) in [6, 6.07) is 8.00. The molecule has 1 aliphatic rings. The SMILES string of the molecule is CCN(c1ccccc1N)C1C=CC=CN1C. The number of nitrogens with zero attached hydrogens (tertiary/aromatic N) is 2. The van der Waals surface area contributed by atoms with E-state index in [9.17, 15) is 0 Å². The van der Waals surface area contributed by atoms with Gasteiger partial charge in [-0.05, 0) is 31.2 Å². The molecule has 1 aromatic rings. The lowest BCUT2D eigenvalue weighted by atomic mass is 10.2. The van der Waals surface area contributed by atoms with Gasteiger partial charge in [0.15, 0.2) is 0 Å². The molecule has 0 bridgehead atoms. The number of anilines is 2. The second-order valence-electron chi connectivity index (χ2n) is 4.15. The van der Waals surface area contributed by atoms with Gasteiger partial charge in [0.25, 0.3) is 0 Å². The van der Waals surface area contributed by atoms with E-state index in [1.807, 2.05) is 24.3 Å². The number of nitrogens with two attached hydrogens (primary N) is 1. The Balaban J connectivity index is 2.31. The molecule has 0 radical (unpaired) electrons. The van der Waals surface area contributed by atoms with Crippen LogP contribution in [0.2, 0.25) is 0 Å². The van der Waals surface area contributed by atoms with Crippen molar-refractivity contribution in [3.8, 4) is 0 Å². The van der Waals surface area contributed by atoms with Crippen LogP contribution in [0.15, 0.2) is 48.7 Å². The molecule has 0 saturated carbocycles. The summed E-state index contributed by atoms with van der Waals surface area (Å²) in [6.45, 7) is 3.06. The van der Waals surface area contributed by atoms with Crippen molar-refractivity contribution in [3.63, 3.8) is 0 Å². The van der Waals surface area contributed by atoms with E-state index in [2.05, 4.69) is 48.2 Å². The highest BCUT2D eigenvalue weighted by atomic mass is 15.3. The summed E-state index contributed by atoms with van der Waals surface area (Å²) in [5.74, 6) is 0. The van der Waals surface area contributed by atoms with E-state index in [1.165, 1.54) is 0 Å². The Bertz CT molecular complexity index is 437. The van der Waals surface area contributed by atoms with Gasteiger partial charge >= 0.3 is 0 Å². The summed E-state index contributed by atoms with van der Waals surface area (Å²) >= 11 is 0. The fourth-order valence-corrected chi connectivity index (χ4v) is 2.15. The molecule has 0 aromatic heterocycles. The van der Waals surface area contributed by atoms with Crippen molar-refractivity contribution in [2.45, 2.75) is 13.1 Å². The summed E-state index contributed by atoms with van der Waals surface area (Å²) in [5, 5.41) is 0. The quantitative estimate of drug-likeness (QED) is 0.808. The van der Waals surface area contributed by atoms with E-state index in [-0.39, 0.29) is 6.17 Å². The molecule has 0 saturated heterocycles. The van der Waals surface area contributed by atoms with Gasteiger partial charge in [-0.25, -0.2) is 0 Å². The normalized spacial score (nSPS) is 18.5. The molecule has 2 rings (SSSR count). The van der Waals surface area contributed by atoms with Crippen LogP contribution in [0.25, 0.3) is 0 Å². The van der Waals surface area contributed by atoms with Gasteiger partial charge in [-0.1, -0.05) is 18.2 Å². The number of hydrogen-bond donors (Lipinski definition) is 1. The summed E-state index contributed by atoms with van der Waals surface area (Å²) in [4.78, 5) is 4.46. The van der Waals surface area contributed by atoms with Crippen LogP contribution in [0.3, 0.4) is 0 Å². The van der Waals surface area contributed by atoms with Crippen LogP contribution in [0.1, 0.15) is 6.92 Å². The van der Waals surface area contributed by atoms with Crippen molar-refractivity contribution in [2.24, 2.45) is 0 Å². The van der Waals surface area contributed by atoms with Gasteiger partial charge in [-0.2, -0.15) is 0 Å². The van der Waals surface area contributed by atoms with E-state index < -0.39 is 0 Å². The number of benzene rings is 1. The molecular weight excluding hydrogens is 210 g/mol. The Morgan fingerprint density at radius 2 is 2.06 bits per heavy atom. The topological polar surface area (TPSA) is 32.5 Å². The average Bonchev–Trinajstić information content (AvgIpc) is 2.34. The third kappa shape index (κ3) is 2.28. The number of allylic oxidation sites excluding steroid dienone is 2. The minimum atomic E-state index is 0.231. The summed E-state index contributed by atoms with van der Waals surface area (Å²) in [7, 11) is 2.08. The second-order valence-corrected chi connectivity index (χ2v) is 4.15. The summed E-state index contributed by atoms with van der Waals surface area (Å²) < 4.78 is 0. The van der Waals surface area contributed by atoms with Gasteiger partial charge in [-0.15, -0.1) is 0 Å². The first-order valence-electron chi connectivity index (χ1n) is 5.92. The van der Waals surface area contributed by atoms with Crippen LogP contribution >= 0.6 is 0 Å². The van der Waals surface area contributed by atoms with Crippen LogP contribution in [-0.4, -0.2) is 24.7 Å². The van der Waals surface area contributed by atoms with Gasteiger partial charge in [0.1, 0.15) is 6.17 Å². The summed E-state index contributed by atoms with van der Waals surface area (Å²) in [5.41, 5.74) is 7.96. The molecule has 0 fully saturated rings. The van der Waals surface area contributed by atoms with Gasteiger partial charge in [0.05, 0.1) is 11.4 Å². The Morgan fingerprint density at radius 3 is 2.71 bits per heavy atom. The van der Waals surface area contributed by atoms with Crippen molar-refractivity contribution in [2.75, 3.05) is 24.2 Å². The number of para-hydroxylation sites is 2. The lowest BCUT2D eigenvalue weighted by Crippen LogP contribution is -2.44. The van der Waals surface area contributed by atoms with Crippen molar-refractivity contribution in [1.29, 1.82) is 0 Å². The van der Waals surface area contributed by atoms with Crippen molar-refractivity contribution < 1.29 is 0 Å². The Kier molecular flexibility index (Phi) is 3.38. The minimum absolute atomic E-state index is 0.231. The van der Waals surface area contributed by atoms with Gasteiger partial charge in [0.2, 0.25) is 0 Å². The molecule has 2 N–H and O–H groups in total. The first-order valence-corrected chi connectivity index (χ1v) is 5.92. The highest BCUT2D eigenvalue weighted by Gasteiger charge is 2.20. The van der Waals surface area contributed by atoms with Gasteiger partial charge in [-0.3, -0.25) is 0 Å². The van der Waals surface area contributed by atoms with Crippen LogP contribution in [0.5, 0.6) is 0 Å². The van der Waals surface area contributed by atoms with E-state index in [0.717, 1.165) is 17.9 Å². The molecule has 17 heavy (non-hydrogen) atoms. The number of hydrogen-bond acceptors (Lipinski definition) is 3. The molecule has 1 atom stereocenters. The molecule has 1 aromatic carbocycles. The lowest BCUT2D eigenvalue weighted by molar-refractivity contribution is 0.367. The predicted octanol–water partition coefficient (Wildman–Crippen LogP) is 2.44. The fraction of sp³-hybridized carbons (Fsp3) is 0.286. The number of likely N-dealkylation sites (N-methyl/N-ethyl adjacent to an activating group) is 2. The average molecular weight is 229 g/mol. The lowest BCUT2D eigenvalue weighted by Gasteiger charge is -2.38. The van der Waals surface area contributed by atoms with Gasteiger partial charge in [0, 0.05) is 19.8 Å². The third-order valence-corrected chi connectivity index (χ3v) is 3.04. The maximum absolute atomic E-state index is 6.05. The molecular formula is C14H19N3. The first kappa shape index (κ1) is 11.6. The molecule has 0 spiro atoms. The molecule has 0 aliphatic carbocycles. The smallest absolute Gasteiger partial charge is 0.120 e. The Hall–Kier alpha value is -1.90. The predicted molar refractivity (Wildman–Crippen MR) is 73.7 cm³/mol. The van der Waals surface area contributed by atoms with Crippen LogP contribution in [0.4, 0.5) is 11.4 Å². The van der Waals surface area contributed by atoms with Crippen LogP contribution < -0.4 is 10.6 Å². The first-order chi connectivity index (χ1) is 8.24. The monoisotopic (exact) mass is 229 g/mol. The van der Waals surface area contributed by atoms with Crippen molar-refractivity contribution >= 4 is 11.4 Å². The highest BCUT2D eigenvalue weighted by Crippen LogP contribution is 2.26. The maximum Gasteiger partial charge on any atom is 0.120 e. The van der Waals surface area contributed by atoms with Crippen LogP contribution in [-0.2, 0) is 0 Å². The van der Waals surface area contributed by atoms with Crippen molar-refractivity contribution in [3.05, 3.63) is 48.7 Å². The fourth-order valence-electron chi connectivity index (χ4n) is 2.15. The molecule has 0 amide bonds. The Morgan fingerprint density at radius 1 is 1.29 bits per heavy atom. The number of nitrogen functional groups attached to an aromatic ring is 1. The molecule has 3 nitrogen and oxygen atoms in total. The zero-order valence-electron chi connectivity index (χ0n) is 10.4. The van der Waals surface area contributed by atoms with Crippen molar-refractivity contribution in [1.82, 2.24) is 4.90 Å². The zero-order valence-corrected chi connectivity index (χ0v) is 10.4. The largest absolute Gasteiger partial charge is 0.397 e. The maximum atomic E-state index is 6.05. The molecule has 3 heteroatoms. The standard InChI is InChI=1S/C14H19N3/c1-3-17(13-9-5-4-8-12(13)15)14-10-6-7-11-16(14)2/h4-11,14H,3,15H2,1-2H3. The van der Waals surface area contributed by atoms with E-state index in [4.69, 9.17) is 5.73 Å². The number of rotatable bonds is 3. The second kappa shape index (κ2) is 4.95. The molecule has 1 heterocycles. The molecule has 1 aliphatic heterocycles. The van der Waals surface area contributed by atoms with Crippen LogP contribution in [0, 0.1) is 0 Å².